The van der Waals surface area contributed by atoms with Gasteiger partial charge in [-0.2, -0.15) is 0 Å². The topological polar surface area (TPSA) is 111 Å². The van der Waals surface area contributed by atoms with Crippen molar-refractivity contribution in [1.29, 1.82) is 0 Å². The van der Waals surface area contributed by atoms with Gasteiger partial charge in [-0.1, -0.05) is 26.2 Å². The molecule has 0 spiro atoms. The van der Waals surface area contributed by atoms with E-state index in [0.29, 0.717) is 6.54 Å². The highest BCUT2D eigenvalue weighted by molar-refractivity contribution is 5.98. The smallest absolute Gasteiger partial charge is 0.300 e. The summed E-state index contributed by atoms with van der Waals surface area (Å²) in [7, 11) is 0. The average molecular weight is 292 g/mol. The van der Waals surface area contributed by atoms with E-state index in [-0.39, 0.29) is 22.5 Å². The molecule has 3 N–H and O–H groups in total. The number of anilines is 1. The van der Waals surface area contributed by atoms with Gasteiger partial charge in [0.2, 0.25) is 0 Å². The van der Waals surface area contributed by atoms with Gasteiger partial charge in [0.05, 0.1) is 4.92 Å². The highest BCUT2D eigenvalue weighted by Crippen LogP contribution is 2.35. The Morgan fingerprint density at radius 3 is 2.76 bits per heavy atom. The molecule has 1 heterocycles. The van der Waals surface area contributed by atoms with Crippen LogP contribution in [0, 0.1) is 15.5 Å². The predicted molar refractivity (Wildman–Crippen MR) is 78.8 cm³/mol. The summed E-state index contributed by atoms with van der Waals surface area (Å²) in [5.74, 6) is -0.378. The predicted octanol–water partition coefficient (Wildman–Crippen LogP) is 2.27. The van der Waals surface area contributed by atoms with Gasteiger partial charge in [0.1, 0.15) is 17.6 Å². The Labute approximate surface area is 123 Å². The number of nitrogen functional groups attached to an aromatic ring is 1. The van der Waals surface area contributed by atoms with Crippen molar-refractivity contribution in [3.63, 3.8) is 0 Å². The third-order valence-electron chi connectivity index (χ3n) is 4.08. The quantitative estimate of drug-likeness (QED) is 0.653. The monoisotopic (exact) mass is 292 g/mol. The highest BCUT2D eigenvalue weighted by atomic mass is 16.6. The first-order chi connectivity index (χ1) is 9.91. The number of hydrogen-bond donors (Lipinski definition) is 2. The summed E-state index contributed by atoms with van der Waals surface area (Å²) in [6, 6.07) is 1.25. The molecule has 7 heteroatoms. The number of hydrogen-bond acceptors (Lipinski definition) is 5. The average Bonchev–Trinajstić information content (AvgIpc) is 2.45. The van der Waals surface area contributed by atoms with Gasteiger partial charge in [-0.25, -0.2) is 4.98 Å². The van der Waals surface area contributed by atoms with Crippen LogP contribution in [0.5, 0.6) is 0 Å². The standard InChI is InChI=1S/C14H20N4O3/c1-14(5-3-2-4-6-14)9-17-13(19)10-7-12(15)16-8-11(10)18(20)21/h7-8H,2-6,9H2,1H3,(H2,15,16)(H,17,19). The van der Waals surface area contributed by atoms with E-state index in [1.165, 1.54) is 12.5 Å². The van der Waals surface area contributed by atoms with Crippen LogP contribution in [0.1, 0.15) is 49.4 Å². The van der Waals surface area contributed by atoms with Crippen molar-refractivity contribution < 1.29 is 9.72 Å². The fraction of sp³-hybridized carbons (Fsp3) is 0.571. The maximum Gasteiger partial charge on any atom is 0.300 e. The van der Waals surface area contributed by atoms with Crippen LogP contribution in [0.3, 0.4) is 0 Å². The molecular weight excluding hydrogens is 272 g/mol. The fourth-order valence-corrected chi connectivity index (χ4v) is 2.76. The Morgan fingerprint density at radius 1 is 1.48 bits per heavy atom. The third kappa shape index (κ3) is 3.68. The van der Waals surface area contributed by atoms with Gasteiger partial charge in [-0.05, 0) is 24.3 Å². The molecule has 0 unspecified atom stereocenters. The minimum Gasteiger partial charge on any atom is -0.384 e. The molecule has 2 rings (SSSR count). The molecule has 1 fully saturated rings. The van der Waals surface area contributed by atoms with Crippen LogP contribution in [0.2, 0.25) is 0 Å². The molecule has 0 bridgehead atoms. The highest BCUT2D eigenvalue weighted by Gasteiger charge is 2.28. The number of nitrogens with zero attached hydrogens (tertiary/aromatic N) is 2. The second-order valence-electron chi connectivity index (χ2n) is 5.94. The molecule has 7 nitrogen and oxygen atoms in total. The zero-order valence-corrected chi connectivity index (χ0v) is 12.1. The minimum absolute atomic E-state index is 0.0353. The van der Waals surface area contributed by atoms with Crippen molar-refractivity contribution in [2.75, 3.05) is 12.3 Å². The second-order valence-corrected chi connectivity index (χ2v) is 5.94. The number of amides is 1. The van der Waals surface area contributed by atoms with E-state index in [2.05, 4.69) is 17.2 Å². The lowest BCUT2D eigenvalue weighted by Crippen LogP contribution is -2.37. The first-order valence-corrected chi connectivity index (χ1v) is 7.09. The molecule has 0 saturated heterocycles. The lowest BCUT2D eigenvalue weighted by Gasteiger charge is -2.33. The van der Waals surface area contributed by atoms with Crippen molar-refractivity contribution in [3.8, 4) is 0 Å². The maximum absolute atomic E-state index is 12.2. The molecule has 1 amide bonds. The van der Waals surface area contributed by atoms with Crippen LogP contribution in [0.15, 0.2) is 12.3 Å². The van der Waals surface area contributed by atoms with Crippen molar-refractivity contribution in [1.82, 2.24) is 10.3 Å². The zero-order chi connectivity index (χ0) is 15.5. The molecule has 0 aliphatic heterocycles. The Hall–Kier alpha value is -2.18. The molecule has 21 heavy (non-hydrogen) atoms. The summed E-state index contributed by atoms with van der Waals surface area (Å²) in [5.41, 5.74) is 5.23. The number of carbonyl (C=O) groups excluding carboxylic acids is 1. The molecule has 0 aromatic carbocycles. The number of pyridine rings is 1. The Balaban J connectivity index is 2.09. The summed E-state index contributed by atoms with van der Waals surface area (Å²) in [5, 5.41) is 13.8. The molecule has 114 valence electrons. The third-order valence-corrected chi connectivity index (χ3v) is 4.08. The molecule has 1 saturated carbocycles. The van der Waals surface area contributed by atoms with Crippen LogP contribution in [0.4, 0.5) is 11.5 Å². The summed E-state index contributed by atoms with van der Waals surface area (Å²) in [4.78, 5) is 26.2. The lowest BCUT2D eigenvalue weighted by atomic mass is 9.76. The number of aromatic nitrogens is 1. The van der Waals surface area contributed by atoms with Crippen LogP contribution >= 0.6 is 0 Å². The number of rotatable bonds is 4. The van der Waals surface area contributed by atoms with E-state index >= 15 is 0 Å². The van der Waals surface area contributed by atoms with E-state index in [0.717, 1.165) is 31.9 Å². The van der Waals surface area contributed by atoms with E-state index in [4.69, 9.17) is 5.73 Å². The zero-order valence-electron chi connectivity index (χ0n) is 12.1. The summed E-state index contributed by atoms with van der Waals surface area (Å²) in [6.07, 6.45) is 6.70. The van der Waals surface area contributed by atoms with Gasteiger partial charge in [-0.3, -0.25) is 14.9 Å². The van der Waals surface area contributed by atoms with E-state index in [9.17, 15) is 14.9 Å². The van der Waals surface area contributed by atoms with Gasteiger partial charge >= 0.3 is 0 Å². The minimum atomic E-state index is -0.621. The van der Waals surface area contributed by atoms with Crippen molar-refractivity contribution in [2.45, 2.75) is 39.0 Å². The van der Waals surface area contributed by atoms with Crippen molar-refractivity contribution in [2.24, 2.45) is 5.41 Å². The molecule has 0 atom stereocenters. The molecule has 1 aliphatic rings. The van der Waals surface area contributed by atoms with Crippen molar-refractivity contribution >= 4 is 17.4 Å². The molecule has 1 aromatic heterocycles. The second kappa shape index (κ2) is 6.07. The molecule has 1 aliphatic carbocycles. The number of nitro groups is 1. The van der Waals surface area contributed by atoms with Gasteiger partial charge in [-0.15, -0.1) is 0 Å². The molecule has 1 aromatic rings. The number of carbonyl (C=O) groups is 1. The fourth-order valence-electron chi connectivity index (χ4n) is 2.76. The van der Waals surface area contributed by atoms with Crippen LogP contribution < -0.4 is 11.1 Å². The van der Waals surface area contributed by atoms with E-state index in [1.54, 1.807) is 0 Å². The Morgan fingerprint density at radius 2 is 2.14 bits per heavy atom. The summed E-state index contributed by atoms with van der Waals surface area (Å²) < 4.78 is 0. The molecule has 0 radical (unpaired) electrons. The van der Waals surface area contributed by atoms with Gasteiger partial charge < -0.3 is 11.1 Å². The van der Waals surface area contributed by atoms with Gasteiger partial charge in [0.25, 0.3) is 11.6 Å². The number of nitrogens with one attached hydrogen (secondary N) is 1. The van der Waals surface area contributed by atoms with Gasteiger partial charge in [0, 0.05) is 6.54 Å². The number of nitrogens with two attached hydrogens (primary N) is 1. The Kier molecular flexibility index (Phi) is 4.40. The van der Waals surface area contributed by atoms with Crippen LogP contribution in [-0.4, -0.2) is 22.4 Å². The first kappa shape index (κ1) is 15.2. The largest absolute Gasteiger partial charge is 0.384 e. The SMILES string of the molecule is CC1(CNC(=O)c2cc(N)ncc2[N+](=O)[O-])CCCCC1. The first-order valence-electron chi connectivity index (χ1n) is 7.09. The van der Waals surface area contributed by atoms with Crippen LogP contribution in [0.25, 0.3) is 0 Å². The van der Waals surface area contributed by atoms with E-state index < -0.39 is 10.8 Å². The Bertz CT molecular complexity index is 553. The van der Waals surface area contributed by atoms with Gasteiger partial charge in [0.15, 0.2) is 0 Å². The normalized spacial score (nSPS) is 17.2. The van der Waals surface area contributed by atoms with Crippen LogP contribution in [-0.2, 0) is 0 Å². The summed E-state index contributed by atoms with van der Waals surface area (Å²) >= 11 is 0. The summed E-state index contributed by atoms with van der Waals surface area (Å²) in [6.45, 7) is 2.66. The van der Waals surface area contributed by atoms with Crippen molar-refractivity contribution in [3.05, 3.63) is 27.9 Å². The molecular formula is C14H20N4O3. The van der Waals surface area contributed by atoms with E-state index in [1.807, 2.05) is 0 Å². The maximum atomic E-state index is 12.2. The lowest BCUT2D eigenvalue weighted by molar-refractivity contribution is -0.385.